The second-order valence-corrected chi connectivity index (χ2v) is 7.03. The molecule has 24 heavy (non-hydrogen) atoms. The predicted molar refractivity (Wildman–Crippen MR) is 93.1 cm³/mol. The Bertz CT molecular complexity index is 738. The summed E-state index contributed by atoms with van der Waals surface area (Å²) in [5, 5.41) is 9.16. The summed E-state index contributed by atoms with van der Waals surface area (Å²) in [6, 6.07) is 3.48. The van der Waals surface area contributed by atoms with Crippen LogP contribution in [0.4, 0.5) is 0 Å². The van der Waals surface area contributed by atoms with E-state index in [4.69, 9.17) is 0 Å². The molecule has 6 nitrogen and oxygen atoms in total. The number of nitrogens with one attached hydrogen (secondary N) is 1. The standard InChI is InChI=1S/C17H22N4O2S/c1-4-11(2)21-12(3)13(10-19-21)17(23)20-8-7-18-16(22)15(20)14-6-5-9-24-14/h5-6,9-11,15H,4,7-8H2,1-3H3,(H,18,22). The van der Waals surface area contributed by atoms with Gasteiger partial charge in [-0.05, 0) is 31.7 Å². The summed E-state index contributed by atoms with van der Waals surface area (Å²) in [7, 11) is 0. The monoisotopic (exact) mass is 346 g/mol. The second-order valence-electron chi connectivity index (χ2n) is 6.05. The lowest BCUT2D eigenvalue weighted by Crippen LogP contribution is -2.52. The van der Waals surface area contributed by atoms with E-state index in [0.29, 0.717) is 18.7 Å². The third-order valence-corrected chi connectivity index (χ3v) is 5.49. The van der Waals surface area contributed by atoms with Crippen LogP contribution in [0, 0.1) is 6.92 Å². The summed E-state index contributed by atoms with van der Waals surface area (Å²) < 4.78 is 1.89. The van der Waals surface area contributed by atoms with Crippen molar-refractivity contribution in [2.75, 3.05) is 13.1 Å². The van der Waals surface area contributed by atoms with Crippen molar-refractivity contribution in [3.05, 3.63) is 39.8 Å². The SMILES string of the molecule is CCC(C)n1ncc(C(=O)N2CCNC(=O)C2c2cccs2)c1C. The molecule has 2 aromatic rings. The average molecular weight is 346 g/mol. The van der Waals surface area contributed by atoms with Gasteiger partial charge in [-0.25, -0.2) is 0 Å². The molecule has 1 N–H and O–H groups in total. The molecular weight excluding hydrogens is 324 g/mol. The van der Waals surface area contributed by atoms with E-state index in [1.165, 1.54) is 11.3 Å². The maximum absolute atomic E-state index is 13.1. The molecule has 1 aliphatic rings. The molecule has 0 aromatic carbocycles. The lowest BCUT2D eigenvalue weighted by molar-refractivity contribution is -0.127. The molecule has 0 spiro atoms. The summed E-state index contributed by atoms with van der Waals surface area (Å²) in [5.74, 6) is -0.251. The smallest absolute Gasteiger partial charge is 0.258 e. The van der Waals surface area contributed by atoms with E-state index < -0.39 is 6.04 Å². The Balaban J connectivity index is 1.93. The van der Waals surface area contributed by atoms with Gasteiger partial charge in [0.1, 0.15) is 6.04 Å². The van der Waals surface area contributed by atoms with E-state index in [1.807, 2.05) is 29.1 Å². The van der Waals surface area contributed by atoms with E-state index in [-0.39, 0.29) is 17.9 Å². The van der Waals surface area contributed by atoms with Crippen molar-refractivity contribution in [3.8, 4) is 0 Å². The maximum Gasteiger partial charge on any atom is 0.258 e. The van der Waals surface area contributed by atoms with Crippen LogP contribution < -0.4 is 5.32 Å². The minimum absolute atomic E-state index is 0.121. The quantitative estimate of drug-likeness (QED) is 0.925. The first-order valence-electron chi connectivity index (χ1n) is 8.20. The lowest BCUT2D eigenvalue weighted by Gasteiger charge is -2.34. The Kier molecular flexibility index (Phi) is 4.71. The Hall–Kier alpha value is -2.15. The summed E-state index contributed by atoms with van der Waals surface area (Å²) in [4.78, 5) is 28.0. The van der Waals surface area contributed by atoms with Gasteiger partial charge >= 0.3 is 0 Å². The van der Waals surface area contributed by atoms with Crippen LogP contribution in [-0.2, 0) is 4.79 Å². The first-order valence-corrected chi connectivity index (χ1v) is 9.08. The minimum Gasteiger partial charge on any atom is -0.352 e. The highest BCUT2D eigenvalue weighted by atomic mass is 32.1. The van der Waals surface area contributed by atoms with Crippen LogP contribution >= 0.6 is 11.3 Å². The number of carbonyl (C=O) groups is 2. The van der Waals surface area contributed by atoms with Gasteiger partial charge in [0.15, 0.2) is 0 Å². The van der Waals surface area contributed by atoms with Crippen LogP contribution in [0.25, 0.3) is 0 Å². The molecule has 2 atom stereocenters. The highest BCUT2D eigenvalue weighted by molar-refractivity contribution is 7.10. The van der Waals surface area contributed by atoms with Crippen LogP contribution in [0.2, 0.25) is 0 Å². The van der Waals surface area contributed by atoms with Gasteiger partial charge in [0.25, 0.3) is 5.91 Å². The van der Waals surface area contributed by atoms with Crippen LogP contribution in [0.5, 0.6) is 0 Å². The molecule has 2 aromatic heterocycles. The molecule has 3 rings (SSSR count). The average Bonchev–Trinajstić information content (AvgIpc) is 3.23. The first kappa shape index (κ1) is 16.7. The Labute approximate surface area is 145 Å². The number of amides is 2. The summed E-state index contributed by atoms with van der Waals surface area (Å²) in [5.41, 5.74) is 1.43. The van der Waals surface area contributed by atoms with E-state index >= 15 is 0 Å². The first-order chi connectivity index (χ1) is 11.5. The van der Waals surface area contributed by atoms with Crippen LogP contribution in [0.1, 0.15) is 53.3 Å². The van der Waals surface area contributed by atoms with Crippen molar-refractivity contribution in [1.82, 2.24) is 20.0 Å². The van der Waals surface area contributed by atoms with E-state index in [0.717, 1.165) is 17.0 Å². The zero-order valence-electron chi connectivity index (χ0n) is 14.2. The van der Waals surface area contributed by atoms with Gasteiger partial charge < -0.3 is 10.2 Å². The van der Waals surface area contributed by atoms with Crippen molar-refractivity contribution in [3.63, 3.8) is 0 Å². The maximum atomic E-state index is 13.1. The summed E-state index contributed by atoms with van der Waals surface area (Å²) >= 11 is 1.49. The number of thiophene rings is 1. The largest absolute Gasteiger partial charge is 0.352 e. The highest BCUT2D eigenvalue weighted by Gasteiger charge is 2.36. The molecule has 0 saturated carbocycles. The fourth-order valence-electron chi connectivity index (χ4n) is 3.02. The summed E-state index contributed by atoms with van der Waals surface area (Å²) in [6.07, 6.45) is 2.57. The lowest BCUT2D eigenvalue weighted by atomic mass is 10.1. The number of aromatic nitrogens is 2. The van der Waals surface area contributed by atoms with E-state index in [1.54, 1.807) is 11.1 Å². The van der Waals surface area contributed by atoms with Gasteiger partial charge in [-0.1, -0.05) is 13.0 Å². The van der Waals surface area contributed by atoms with E-state index in [2.05, 4.69) is 24.3 Å². The van der Waals surface area contributed by atoms with Crippen molar-refractivity contribution in [2.24, 2.45) is 0 Å². The zero-order chi connectivity index (χ0) is 17.3. The minimum atomic E-state index is -0.558. The second kappa shape index (κ2) is 6.76. The molecular formula is C17H22N4O2S. The zero-order valence-corrected chi connectivity index (χ0v) is 15.0. The molecule has 0 aliphatic carbocycles. The number of hydrogen-bond donors (Lipinski definition) is 1. The molecule has 128 valence electrons. The topological polar surface area (TPSA) is 67.2 Å². The normalized spacial score (nSPS) is 19.2. The van der Waals surface area contributed by atoms with Gasteiger partial charge in [0, 0.05) is 29.7 Å². The Morgan fingerprint density at radius 2 is 2.33 bits per heavy atom. The van der Waals surface area contributed by atoms with Crippen molar-refractivity contribution < 1.29 is 9.59 Å². The van der Waals surface area contributed by atoms with Crippen LogP contribution in [0.3, 0.4) is 0 Å². The Morgan fingerprint density at radius 1 is 1.54 bits per heavy atom. The van der Waals surface area contributed by atoms with Gasteiger partial charge in [-0.3, -0.25) is 14.3 Å². The molecule has 7 heteroatoms. The summed E-state index contributed by atoms with van der Waals surface area (Å²) in [6.45, 7) is 7.06. The number of carbonyl (C=O) groups excluding carboxylic acids is 2. The predicted octanol–water partition coefficient (Wildman–Crippen LogP) is 2.54. The third kappa shape index (κ3) is 2.84. The van der Waals surface area contributed by atoms with E-state index in [9.17, 15) is 9.59 Å². The molecule has 0 bridgehead atoms. The molecule has 0 radical (unpaired) electrons. The van der Waals surface area contributed by atoms with Crippen LogP contribution in [0.15, 0.2) is 23.7 Å². The fraction of sp³-hybridized carbons (Fsp3) is 0.471. The van der Waals surface area contributed by atoms with Crippen molar-refractivity contribution >= 4 is 23.2 Å². The van der Waals surface area contributed by atoms with Gasteiger partial charge in [-0.2, -0.15) is 5.10 Å². The number of rotatable bonds is 4. The number of piperazine rings is 1. The van der Waals surface area contributed by atoms with Gasteiger partial charge in [-0.15, -0.1) is 11.3 Å². The number of nitrogens with zero attached hydrogens (tertiary/aromatic N) is 3. The Morgan fingerprint density at radius 3 is 3.00 bits per heavy atom. The van der Waals surface area contributed by atoms with Crippen LogP contribution in [-0.4, -0.2) is 39.6 Å². The van der Waals surface area contributed by atoms with Gasteiger partial charge in [0.2, 0.25) is 5.91 Å². The molecule has 2 unspecified atom stereocenters. The van der Waals surface area contributed by atoms with Gasteiger partial charge in [0.05, 0.1) is 11.8 Å². The third-order valence-electron chi connectivity index (χ3n) is 4.57. The van der Waals surface area contributed by atoms with Crippen molar-refractivity contribution in [1.29, 1.82) is 0 Å². The van der Waals surface area contributed by atoms with Crippen molar-refractivity contribution in [2.45, 2.75) is 39.3 Å². The molecule has 3 heterocycles. The number of hydrogen-bond acceptors (Lipinski definition) is 4. The highest BCUT2D eigenvalue weighted by Crippen LogP contribution is 2.29. The molecule has 2 amide bonds. The molecule has 1 fully saturated rings. The molecule has 1 aliphatic heterocycles. The fourth-order valence-corrected chi connectivity index (χ4v) is 3.86. The molecule has 1 saturated heterocycles.